The van der Waals surface area contributed by atoms with E-state index in [9.17, 15) is 4.79 Å². The van der Waals surface area contributed by atoms with Gasteiger partial charge in [0.25, 0.3) is 5.91 Å². The fraction of sp³-hybridized carbons (Fsp3) is 0.133. The minimum Gasteiger partial charge on any atom is -0.312 e. The van der Waals surface area contributed by atoms with Crippen molar-refractivity contribution in [1.82, 2.24) is 0 Å². The molecular formula is C15H14BrNOS. The number of benzene rings is 1. The summed E-state index contributed by atoms with van der Waals surface area (Å²) in [6, 6.07) is 7.87. The van der Waals surface area contributed by atoms with Crippen LogP contribution in [0.2, 0.25) is 0 Å². The van der Waals surface area contributed by atoms with E-state index in [1.54, 1.807) is 29.4 Å². The SMILES string of the molecule is Cc1cc(Br)ccc1N(C)C(=O)/C=C/c1ccsc1. The second-order valence-electron chi connectivity index (χ2n) is 4.22. The van der Waals surface area contributed by atoms with E-state index in [0.29, 0.717) is 0 Å². The van der Waals surface area contributed by atoms with Gasteiger partial charge in [-0.1, -0.05) is 15.9 Å². The molecule has 1 aromatic carbocycles. The van der Waals surface area contributed by atoms with Gasteiger partial charge in [0.1, 0.15) is 0 Å². The molecule has 0 radical (unpaired) electrons. The molecule has 1 amide bonds. The molecule has 2 nitrogen and oxygen atoms in total. The van der Waals surface area contributed by atoms with Crippen molar-refractivity contribution in [1.29, 1.82) is 0 Å². The van der Waals surface area contributed by atoms with Crippen molar-refractivity contribution < 1.29 is 4.79 Å². The number of hydrogen-bond acceptors (Lipinski definition) is 2. The van der Waals surface area contributed by atoms with Gasteiger partial charge in [0.2, 0.25) is 0 Å². The molecule has 2 aromatic rings. The fourth-order valence-corrected chi connectivity index (χ4v) is 2.87. The third kappa shape index (κ3) is 3.55. The highest BCUT2D eigenvalue weighted by atomic mass is 79.9. The highest BCUT2D eigenvalue weighted by Gasteiger charge is 2.10. The lowest BCUT2D eigenvalue weighted by Crippen LogP contribution is -2.24. The maximum Gasteiger partial charge on any atom is 0.250 e. The molecule has 0 bridgehead atoms. The van der Waals surface area contributed by atoms with Crippen molar-refractivity contribution in [3.8, 4) is 0 Å². The molecule has 1 heterocycles. The molecule has 0 spiro atoms. The number of nitrogens with zero attached hydrogens (tertiary/aromatic N) is 1. The third-order valence-electron chi connectivity index (χ3n) is 2.81. The Kier molecular flexibility index (Phi) is 4.56. The van der Waals surface area contributed by atoms with E-state index in [1.807, 2.05) is 48.0 Å². The van der Waals surface area contributed by atoms with Crippen LogP contribution in [0, 0.1) is 6.92 Å². The molecule has 0 aliphatic carbocycles. The molecule has 2 rings (SSSR count). The van der Waals surface area contributed by atoms with Crippen LogP contribution in [0.15, 0.2) is 45.6 Å². The van der Waals surface area contributed by atoms with Crippen molar-refractivity contribution in [2.24, 2.45) is 0 Å². The van der Waals surface area contributed by atoms with Crippen molar-refractivity contribution in [3.63, 3.8) is 0 Å². The van der Waals surface area contributed by atoms with Gasteiger partial charge in [0.15, 0.2) is 0 Å². The summed E-state index contributed by atoms with van der Waals surface area (Å²) in [5, 5.41) is 4.00. The first-order chi connectivity index (χ1) is 9.08. The lowest BCUT2D eigenvalue weighted by molar-refractivity contribution is -0.113. The summed E-state index contributed by atoms with van der Waals surface area (Å²) in [5.41, 5.74) is 3.04. The first-order valence-electron chi connectivity index (χ1n) is 5.82. The number of thiophene rings is 1. The average Bonchev–Trinajstić information content (AvgIpc) is 2.88. The Labute approximate surface area is 125 Å². The van der Waals surface area contributed by atoms with Gasteiger partial charge in [-0.05, 0) is 59.2 Å². The number of carbonyl (C=O) groups is 1. The van der Waals surface area contributed by atoms with Crippen LogP contribution in [-0.4, -0.2) is 13.0 Å². The highest BCUT2D eigenvalue weighted by Crippen LogP contribution is 2.23. The maximum absolute atomic E-state index is 12.1. The molecule has 19 heavy (non-hydrogen) atoms. The van der Waals surface area contributed by atoms with Crippen LogP contribution < -0.4 is 4.90 Å². The van der Waals surface area contributed by atoms with E-state index in [-0.39, 0.29) is 5.91 Å². The van der Waals surface area contributed by atoms with E-state index in [1.165, 1.54) is 0 Å². The summed E-state index contributed by atoms with van der Waals surface area (Å²) >= 11 is 5.04. The van der Waals surface area contributed by atoms with Crippen LogP contribution >= 0.6 is 27.3 Å². The van der Waals surface area contributed by atoms with Crippen molar-refractivity contribution in [3.05, 3.63) is 56.7 Å². The number of anilines is 1. The minimum atomic E-state index is -0.0309. The lowest BCUT2D eigenvalue weighted by Gasteiger charge is -2.18. The molecule has 0 saturated heterocycles. The van der Waals surface area contributed by atoms with Crippen LogP contribution in [0.25, 0.3) is 6.08 Å². The normalized spacial score (nSPS) is 10.9. The number of carbonyl (C=O) groups excluding carboxylic acids is 1. The monoisotopic (exact) mass is 335 g/mol. The number of aryl methyl sites for hydroxylation is 1. The zero-order chi connectivity index (χ0) is 13.8. The Balaban J connectivity index is 2.15. The number of halogens is 1. The van der Waals surface area contributed by atoms with Gasteiger partial charge < -0.3 is 4.90 Å². The second-order valence-corrected chi connectivity index (χ2v) is 5.91. The Bertz CT molecular complexity index is 605. The van der Waals surface area contributed by atoms with Crippen LogP contribution in [0.3, 0.4) is 0 Å². The van der Waals surface area contributed by atoms with Crippen LogP contribution in [-0.2, 0) is 4.79 Å². The van der Waals surface area contributed by atoms with Gasteiger partial charge in [-0.3, -0.25) is 4.79 Å². The van der Waals surface area contributed by atoms with Crippen molar-refractivity contribution >= 4 is 44.9 Å². The molecule has 1 aromatic heterocycles. The first-order valence-corrected chi connectivity index (χ1v) is 7.55. The number of rotatable bonds is 3. The second kappa shape index (κ2) is 6.17. The topological polar surface area (TPSA) is 20.3 Å². The number of hydrogen-bond donors (Lipinski definition) is 0. The molecule has 0 unspecified atom stereocenters. The van der Waals surface area contributed by atoms with Crippen LogP contribution in [0.1, 0.15) is 11.1 Å². The predicted octanol–water partition coefficient (Wildman–Crippen LogP) is 4.50. The lowest BCUT2D eigenvalue weighted by atomic mass is 10.2. The van der Waals surface area contributed by atoms with Gasteiger partial charge in [-0.2, -0.15) is 11.3 Å². The molecule has 0 fully saturated rings. The smallest absolute Gasteiger partial charge is 0.250 e. The van der Waals surface area contributed by atoms with Crippen molar-refractivity contribution in [2.45, 2.75) is 6.92 Å². The molecule has 0 saturated carbocycles. The highest BCUT2D eigenvalue weighted by molar-refractivity contribution is 9.10. The van der Waals surface area contributed by atoms with Crippen LogP contribution in [0.4, 0.5) is 5.69 Å². The van der Waals surface area contributed by atoms with Gasteiger partial charge >= 0.3 is 0 Å². The van der Waals surface area contributed by atoms with E-state index < -0.39 is 0 Å². The zero-order valence-electron chi connectivity index (χ0n) is 10.8. The Morgan fingerprint density at radius 3 is 2.79 bits per heavy atom. The van der Waals surface area contributed by atoms with E-state index >= 15 is 0 Å². The largest absolute Gasteiger partial charge is 0.312 e. The fourth-order valence-electron chi connectivity index (χ4n) is 1.76. The molecule has 0 atom stereocenters. The average molecular weight is 336 g/mol. The summed E-state index contributed by atoms with van der Waals surface area (Å²) < 4.78 is 1.02. The minimum absolute atomic E-state index is 0.0309. The molecule has 0 N–H and O–H groups in total. The molecule has 0 aliphatic heterocycles. The van der Waals surface area contributed by atoms with E-state index in [2.05, 4.69) is 15.9 Å². The summed E-state index contributed by atoms with van der Waals surface area (Å²) in [6.07, 6.45) is 3.44. The molecule has 98 valence electrons. The van der Waals surface area contributed by atoms with Gasteiger partial charge in [-0.15, -0.1) is 0 Å². The summed E-state index contributed by atoms with van der Waals surface area (Å²) in [4.78, 5) is 13.8. The van der Waals surface area contributed by atoms with Crippen molar-refractivity contribution in [2.75, 3.05) is 11.9 Å². The van der Waals surface area contributed by atoms with Crippen LogP contribution in [0.5, 0.6) is 0 Å². The molecular weight excluding hydrogens is 322 g/mol. The van der Waals surface area contributed by atoms with Gasteiger partial charge in [0.05, 0.1) is 0 Å². The standard InChI is InChI=1S/C15H14BrNOS/c1-11-9-13(16)4-5-14(11)17(2)15(18)6-3-12-7-8-19-10-12/h3-10H,1-2H3/b6-3+. The molecule has 4 heteroatoms. The van der Waals surface area contributed by atoms with E-state index in [4.69, 9.17) is 0 Å². The first kappa shape index (κ1) is 14.0. The molecule has 0 aliphatic rings. The maximum atomic E-state index is 12.1. The Morgan fingerprint density at radius 1 is 1.37 bits per heavy atom. The zero-order valence-corrected chi connectivity index (χ0v) is 13.2. The predicted molar refractivity (Wildman–Crippen MR) is 85.6 cm³/mol. The van der Waals surface area contributed by atoms with Gasteiger partial charge in [0, 0.05) is 23.3 Å². The number of likely N-dealkylation sites (N-methyl/N-ethyl adjacent to an activating group) is 1. The Hall–Kier alpha value is -1.39. The Morgan fingerprint density at radius 2 is 2.16 bits per heavy atom. The summed E-state index contributed by atoms with van der Waals surface area (Å²) in [5.74, 6) is -0.0309. The van der Waals surface area contributed by atoms with E-state index in [0.717, 1.165) is 21.3 Å². The quantitative estimate of drug-likeness (QED) is 0.756. The van der Waals surface area contributed by atoms with Gasteiger partial charge in [-0.25, -0.2) is 0 Å². The summed E-state index contributed by atoms with van der Waals surface area (Å²) in [7, 11) is 1.79. The number of amides is 1. The third-order valence-corrected chi connectivity index (χ3v) is 4.01. The summed E-state index contributed by atoms with van der Waals surface area (Å²) in [6.45, 7) is 1.99.